The maximum absolute atomic E-state index is 11.9. The Morgan fingerprint density at radius 2 is 1.88 bits per heavy atom. The van der Waals surface area contributed by atoms with Crippen LogP contribution < -0.4 is 10.5 Å². The number of halogens is 2. The highest BCUT2D eigenvalue weighted by molar-refractivity contribution is 5.33. The van der Waals surface area contributed by atoms with Crippen LogP contribution >= 0.6 is 0 Å². The van der Waals surface area contributed by atoms with Gasteiger partial charge in [0.1, 0.15) is 5.75 Å². The fourth-order valence-corrected chi connectivity index (χ4v) is 1.99. The predicted octanol–water partition coefficient (Wildman–Crippen LogP) is 1.60. The Labute approximate surface area is 91.8 Å². The second-order valence-electron chi connectivity index (χ2n) is 4.12. The van der Waals surface area contributed by atoms with E-state index >= 15 is 0 Å². The average molecular weight is 229 g/mol. The van der Waals surface area contributed by atoms with Crippen LogP contribution in [0.25, 0.3) is 0 Å². The first-order valence-corrected chi connectivity index (χ1v) is 5.02. The quantitative estimate of drug-likeness (QED) is 0.827. The molecule has 0 atom stereocenters. The molecule has 0 spiro atoms. The maximum atomic E-state index is 11.9. The molecule has 0 aromatic heterocycles. The van der Waals surface area contributed by atoms with Gasteiger partial charge in [-0.1, -0.05) is 12.1 Å². The molecule has 16 heavy (non-hydrogen) atoms. The van der Waals surface area contributed by atoms with Crippen molar-refractivity contribution >= 4 is 0 Å². The van der Waals surface area contributed by atoms with Crippen molar-refractivity contribution in [1.82, 2.24) is 0 Å². The zero-order chi connectivity index (χ0) is 11.8. The average Bonchev–Trinajstić information content (AvgIpc) is 2.15. The van der Waals surface area contributed by atoms with Crippen molar-refractivity contribution in [2.75, 3.05) is 0 Å². The topological polar surface area (TPSA) is 55.5 Å². The number of nitrogens with two attached hydrogens (primary N) is 1. The van der Waals surface area contributed by atoms with E-state index in [9.17, 15) is 13.9 Å². The van der Waals surface area contributed by atoms with Crippen LogP contribution in [0.15, 0.2) is 24.3 Å². The number of aliphatic hydroxyl groups excluding tert-OH is 1. The lowest BCUT2D eigenvalue weighted by Gasteiger charge is -2.42. The molecular formula is C11H13F2NO2. The summed E-state index contributed by atoms with van der Waals surface area (Å²) in [6.07, 6.45) is 0.645. The van der Waals surface area contributed by atoms with Gasteiger partial charge in [0.2, 0.25) is 0 Å². The summed E-state index contributed by atoms with van der Waals surface area (Å²) in [7, 11) is 0. The number of alkyl halides is 2. The van der Waals surface area contributed by atoms with Crippen molar-refractivity contribution in [3.8, 4) is 5.75 Å². The summed E-state index contributed by atoms with van der Waals surface area (Å²) in [5, 5.41) is 9.21. The molecule has 1 aromatic rings. The lowest BCUT2D eigenvalue weighted by atomic mass is 9.71. The molecule has 1 aliphatic rings. The third kappa shape index (κ3) is 2.15. The summed E-state index contributed by atoms with van der Waals surface area (Å²) < 4.78 is 28.0. The molecular weight excluding hydrogens is 216 g/mol. The largest absolute Gasteiger partial charge is 0.435 e. The van der Waals surface area contributed by atoms with Crippen LogP contribution in [0.5, 0.6) is 5.75 Å². The number of benzene rings is 1. The first kappa shape index (κ1) is 11.3. The van der Waals surface area contributed by atoms with Crippen molar-refractivity contribution in [2.24, 2.45) is 5.73 Å². The van der Waals surface area contributed by atoms with Crippen molar-refractivity contribution in [2.45, 2.75) is 31.1 Å². The normalized spacial score (nSPS) is 28.9. The van der Waals surface area contributed by atoms with Crippen LogP contribution in [-0.2, 0) is 5.54 Å². The van der Waals surface area contributed by atoms with Crippen molar-refractivity contribution in [1.29, 1.82) is 0 Å². The van der Waals surface area contributed by atoms with Crippen molar-refractivity contribution < 1.29 is 18.6 Å². The first-order chi connectivity index (χ1) is 7.49. The Bertz CT molecular complexity index is 361. The summed E-state index contributed by atoms with van der Waals surface area (Å²) >= 11 is 0. The third-order valence-corrected chi connectivity index (χ3v) is 2.85. The SMILES string of the molecule is NC1(c2ccc(OC(F)F)cc2)CC(O)C1. The van der Waals surface area contributed by atoms with E-state index < -0.39 is 12.2 Å². The molecule has 5 heteroatoms. The Hall–Kier alpha value is -1.20. The zero-order valence-corrected chi connectivity index (χ0v) is 8.57. The molecule has 88 valence electrons. The van der Waals surface area contributed by atoms with E-state index in [1.165, 1.54) is 12.1 Å². The highest BCUT2D eigenvalue weighted by Gasteiger charge is 2.41. The highest BCUT2D eigenvalue weighted by Crippen LogP contribution is 2.39. The minimum atomic E-state index is -2.82. The van der Waals surface area contributed by atoms with Gasteiger partial charge in [-0.3, -0.25) is 0 Å². The van der Waals surface area contributed by atoms with Crippen LogP contribution in [0.2, 0.25) is 0 Å². The van der Waals surface area contributed by atoms with Crippen LogP contribution in [0.4, 0.5) is 8.78 Å². The predicted molar refractivity (Wildman–Crippen MR) is 54.2 cm³/mol. The number of rotatable bonds is 3. The van der Waals surface area contributed by atoms with E-state index in [0.29, 0.717) is 12.8 Å². The van der Waals surface area contributed by atoms with Crippen LogP contribution in [-0.4, -0.2) is 17.8 Å². The van der Waals surface area contributed by atoms with Gasteiger partial charge in [-0.15, -0.1) is 0 Å². The first-order valence-electron chi connectivity index (χ1n) is 5.02. The molecule has 0 unspecified atom stereocenters. The summed E-state index contributed by atoms with van der Waals surface area (Å²) in [6, 6.07) is 6.23. The van der Waals surface area contributed by atoms with E-state index in [1.54, 1.807) is 12.1 Å². The van der Waals surface area contributed by atoms with Crippen LogP contribution in [0.1, 0.15) is 18.4 Å². The molecule has 3 N–H and O–H groups in total. The van der Waals surface area contributed by atoms with Gasteiger partial charge in [-0.25, -0.2) is 0 Å². The van der Waals surface area contributed by atoms with E-state index in [4.69, 9.17) is 5.73 Å². The van der Waals surface area contributed by atoms with Gasteiger partial charge in [-0.2, -0.15) is 8.78 Å². The van der Waals surface area contributed by atoms with E-state index in [-0.39, 0.29) is 11.9 Å². The summed E-state index contributed by atoms with van der Waals surface area (Å²) in [5.41, 5.74) is 6.32. The van der Waals surface area contributed by atoms with E-state index in [0.717, 1.165) is 5.56 Å². The number of aliphatic hydroxyl groups is 1. The van der Waals surface area contributed by atoms with E-state index in [1.807, 2.05) is 0 Å². The molecule has 0 aliphatic heterocycles. The van der Waals surface area contributed by atoms with Gasteiger partial charge in [0.15, 0.2) is 0 Å². The van der Waals surface area contributed by atoms with E-state index in [2.05, 4.69) is 4.74 Å². The maximum Gasteiger partial charge on any atom is 0.387 e. The lowest BCUT2D eigenvalue weighted by molar-refractivity contribution is -0.0498. The minimum absolute atomic E-state index is 0.113. The molecule has 0 amide bonds. The summed E-state index contributed by atoms with van der Waals surface area (Å²) in [6.45, 7) is -2.82. The number of ether oxygens (including phenoxy) is 1. The molecule has 1 saturated carbocycles. The molecule has 0 heterocycles. The third-order valence-electron chi connectivity index (χ3n) is 2.85. The number of hydrogen-bond acceptors (Lipinski definition) is 3. The molecule has 1 fully saturated rings. The van der Waals surface area contributed by atoms with Gasteiger partial charge in [0.05, 0.1) is 6.10 Å². The highest BCUT2D eigenvalue weighted by atomic mass is 19.3. The number of hydrogen-bond donors (Lipinski definition) is 2. The monoisotopic (exact) mass is 229 g/mol. The van der Waals surface area contributed by atoms with Gasteiger partial charge < -0.3 is 15.6 Å². The lowest BCUT2D eigenvalue weighted by Crippen LogP contribution is -2.51. The molecule has 1 aromatic carbocycles. The van der Waals surface area contributed by atoms with Gasteiger partial charge in [0, 0.05) is 5.54 Å². The van der Waals surface area contributed by atoms with Crippen LogP contribution in [0.3, 0.4) is 0 Å². The van der Waals surface area contributed by atoms with Crippen molar-refractivity contribution in [3.63, 3.8) is 0 Å². The zero-order valence-electron chi connectivity index (χ0n) is 8.57. The molecule has 2 rings (SSSR count). The summed E-state index contributed by atoms with van der Waals surface area (Å²) in [4.78, 5) is 0. The Morgan fingerprint density at radius 1 is 1.31 bits per heavy atom. The Kier molecular flexibility index (Phi) is 2.82. The summed E-state index contributed by atoms with van der Waals surface area (Å²) in [5.74, 6) is 0.113. The standard InChI is InChI=1S/C11H13F2NO2/c12-10(13)16-9-3-1-7(2-4-9)11(14)5-8(15)6-11/h1-4,8,10,15H,5-6,14H2. The minimum Gasteiger partial charge on any atom is -0.435 e. The molecule has 3 nitrogen and oxygen atoms in total. The van der Waals surface area contributed by atoms with Gasteiger partial charge >= 0.3 is 6.61 Å². The second kappa shape index (κ2) is 3.99. The van der Waals surface area contributed by atoms with Crippen LogP contribution in [0, 0.1) is 0 Å². The Balaban J connectivity index is 2.08. The van der Waals surface area contributed by atoms with Gasteiger partial charge in [0.25, 0.3) is 0 Å². The fraction of sp³-hybridized carbons (Fsp3) is 0.455. The molecule has 1 aliphatic carbocycles. The molecule has 0 saturated heterocycles. The molecule has 0 radical (unpaired) electrons. The Morgan fingerprint density at radius 3 is 2.31 bits per heavy atom. The second-order valence-corrected chi connectivity index (χ2v) is 4.12. The van der Waals surface area contributed by atoms with Gasteiger partial charge in [-0.05, 0) is 30.5 Å². The van der Waals surface area contributed by atoms with Crippen molar-refractivity contribution in [3.05, 3.63) is 29.8 Å². The fourth-order valence-electron chi connectivity index (χ4n) is 1.99. The molecule has 0 bridgehead atoms. The smallest absolute Gasteiger partial charge is 0.387 e.